The summed E-state index contributed by atoms with van der Waals surface area (Å²) in [6, 6.07) is 24.9. The largest absolute Gasteiger partial charge is 0.497 e. The summed E-state index contributed by atoms with van der Waals surface area (Å²) in [5.74, 6) is 1.45. The van der Waals surface area contributed by atoms with Crippen molar-refractivity contribution in [3.8, 4) is 11.5 Å². The molecule has 0 spiro atoms. The molecule has 8 nitrogen and oxygen atoms in total. The molecular formula is C33H41N3O5. The van der Waals surface area contributed by atoms with Crippen LogP contribution in [0.5, 0.6) is 11.5 Å². The molecule has 3 N–H and O–H groups in total. The van der Waals surface area contributed by atoms with E-state index in [4.69, 9.17) is 24.3 Å². The number of rotatable bonds is 13. The molecular weight excluding hydrogens is 518 g/mol. The number of hydrazine groups is 1. The summed E-state index contributed by atoms with van der Waals surface area (Å²) < 4.78 is 17.8. The van der Waals surface area contributed by atoms with Gasteiger partial charge in [-0.1, -0.05) is 63.2 Å². The first-order valence-electron chi connectivity index (χ1n) is 14.1. The smallest absolute Gasteiger partial charge is 0.266 e. The second-order valence-corrected chi connectivity index (χ2v) is 11.4. The first-order valence-corrected chi connectivity index (χ1v) is 14.1. The van der Waals surface area contributed by atoms with Crippen molar-refractivity contribution in [1.82, 2.24) is 10.9 Å². The third kappa shape index (κ3) is 7.86. The molecule has 41 heavy (non-hydrogen) atoms. The molecule has 0 bridgehead atoms. The molecule has 0 aliphatic carbocycles. The summed E-state index contributed by atoms with van der Waals surface area (Å²) >= 11 is 0. The van der Waals surface area contributed by atoms with E-state index in [1.54, 1.807) is 7.11 Å². The molecule has 1 aliphatic rings. The summed E-state index contributed by atoms with van der Waals surface area (Å²) in [4.78, 5) is 19.2. The van der Waals surface area contributed by atoms with Gasteiger partial charge < -0.3 is 19.3 Å². The molecule has 3 aromatic rings. The zero-order valence-corrected chi connectivity index (χ0v) is 24.4. The minimum Gasteiger partial charge on any atom is -0.497 e. The van der Waals surface area contributed by atoms with E-state index in [1.807, 2.05) is 78.9 Å². The van der Waals surface area contributed by atoms with Crippen LogP contribution in [0.15, 0.2) is 83.9 Å². The number of aliphatic imine (C=N–C) groups is 1. The summed E-state index contributed by atoms with van der Waals surface area (Å²) in [5, 5.41) is 9.03. The number of amides is 1. The summed E-state index contributed by atoms with van der Waals surface area (Å²) in [7, 11) is 1.61. The number of hydrogen-bond acceptors (Lipinski definition) is 7. The SMILES string of the molecule is COc1cccc([C@@H]2OC(c3ccc(OCCCO)cc3)=N[C@]2(Cc2ccccc2)C(=O)NNCCC(C)(C)C)c1. The minimum atomic E-state index is -1.30. The Morgan fingerprint density at radius 1 is 1.02 bits per heavy atom. The van der Waals surface area contributed by atoms with Crippen LogP contribution >= 0.6 is 0 Å². The lowest BCUT2D eigenvalue weighted by molar-refractivity contribution is -0.130. The molecule has 1 aliphatic heterocycles. The normalized spacial score (nSPS) is 18.4. The van der Waals surface area contributed by atoms with Gasteiger partial charge in [-0.2, -0.15) is 0 Å². The van der Waals surface area contributed by atoms with E-state index >= 15 is 0 Å². The number of hydrogen-bond donors (Lipinski definition) is 3. The highest BCUT2D eigenvalue weighted by molar-refractivity contribution is 6.01. The lowest BCUT2D eigenvalue weighted by Crippen LogP contribution is -2.54. The number of aliphatic hydroxyl groups excluding tert-OH is 1. The Labute approximate surface area is 242 Å². The van der Waals surface area contributed by atoms with Crippen molar-refractivity contribution in [2.75, 3.05) is 26.9 Å². The number of nitrogens with one attached hydrogen (secondary N) is 2. The highest BCUT2D eigenvalue weighted by atomic mass is 16.5. The summed E-state index contributed by atoms with van der Waals surface area (Å²) in [6.07, 6.45) is 1.06. The number of aliphatic hydroxyl groups is 1. The van der Waals surface area contributed by atoms with Crippen LogP contribution in [-0.2, 0) is 16.0 Å². The van der Waals surface area contributed by atoms with E-state index in [1.165, 1.54) is 0 Å². The van der Waals surface area contributed by atoms with E-state index in [-0.39, 0.29) is 17.9 Å². The summed E-state index contributed by atoms with van der Waals surface area (Å²) in [6.45, 7) is 7.61. The predicted molar refractivity (Wildman–Crippen MR) is 160 cm³/mol. The molecule has 1 heterocycles. The molecule has 2 atom stereocenters. The van der Waals surface area contributed by atoms with Crippen LogP contribution < -0.4 is 20.3 Å². The van der Waals surface area contributed by atoms with Gasteiger partial charge in [0.25, 0.3) is 5.91 Å². The monoisotopic (exact) mass is 559 g/mol. The Hall–Kier alpha value is -3.88. The Morgan fingerprint density at radius 2 is 1.78 bits per heavy atom. The lowest BCUT2D eigenvalue weighted by Gasteiger charge is -2.31. The van der Waals surface area contributed by atoms with Gasteiger partial charge in [-0.05, 0) is 59.4 Å². The number of carbonyl (C=O) groups excluding carboxylic acids is 1. The van der Waals surface area contributed by atoms with Crippen LogP contribution in [0.3, 0.4) is 0 Å². The van der Waals surface area contributed by atoms with Crippen LogP contribution in [-0.4, -0.2) is 49.3 Å². The minimum absolute atomic E-state index is 0.0744. The van der Waals surface area contributed by atoms with Gasteiger partial charge >= 0.3 is 0 Å². The molecule has 0 fully saturated rings. The van der Waals surface area contributed by atoms with Gasteiger partial charge in [-0.25, -0.2) is 10.4 Å². The Kier molecular flexibility index (Phi) is 10.0. The Balaban J connectivity index is 1.73. The molecule has 0 radical (unpaired) electrons. The van der Waals surface area contributed by atoms with Crippen molar-refractivity contribution in [2.24, 2.45) is 10.4 Å². The molecule has 0 aromatic heterocycles. The average molecular weight is 560 g/mol. The first kappa shape index (κ1) is 30.1. The molecule has 218 valence electrons. The zero-order chi connectivity index (χ0) is 29.3. The first-order chi connectivity index (χ1) is 19.7. The van der Waals surface area contributed by atoms with Crippen molar-refractivity contribution in [3.05, 3.63) is 95.6 Å². The molecule has 1 amide bonds. The van der Waals surface area contributed by atoms with Crippen LogP contribution in [0, 0.1) is 5.41 Å². The van der Waals surface area contributed by atoms with E-state index in [2.05, 4.69) is 31.6 Å². The van der Waals surface area contributed by atoms with Gasteiger partial charge in [0.2, 0.25) is 5.90 Å². The van der Waals surface area contributed by atoms with Crippen LogP contribution in [0.25, 0.3) is 0 Å². The second-order valence-electron chi connectivity index (χ2n) is 11.4. The van der Waals surface area contributed by atoms with Crippen molar-refractivity contribution < 1.29 is 24.1 Å². The highest BCUT2D eigenvalue weighted by Crippen LogP contribution is 2.43. The third-order valence-electron chi connectivity index (χ3n) is 6.94. The van der Waals surface area contributed by atoms with E-state index in [0.29, 0.717) is 43.4 Å². The number of nitrogens with zero attached hydrogens (tertiary/aromatic N) is 1. The molecule has 0 unspecified atom stereocenters. The van der Waals surface area contributed by atoms with E-state index in [9.17, 15) is 4.79 Å². The second kappa shape index (κ2) is 13.7. The quantitative estimate of drug-likeness (QED) is 0.201. The van der Waals surface area contributed by atoms with Crippen LogP contribution in [0.1, 0.15) is 56.4 Å². The molecule has 0 saturated heterocycles. The lowest BCUT2D eigenvalue weighted by atomic mass is 9.82. The van der Waals surface area contributed by atoms with Gasteiger partial charge in [0, 0.05) is 31.6 Å². The van der Waals surface area contributed by atoms with Crippen molar-refractivity contribution in [2.45, 2.75) is 51.7 Å². The average Bonchev–Trinajstić information content (AvgIpc) is 3.36. The zero-order valence-electron chi connectivity index (χ0n) is 24.4. The standard InChI is InChI=1S/C33H41N3O5/c1-32(2,3)18-19-34-36-31(38)33(23-24-10-6-5-7-11-24)29(26-12-8-13-28(22-26)39-4)41-30(35-33)25-14-16-27(17-15-25)40-21-9-20-37/h5-8,10-17,22,29,34,37H,9,18-21,23H2,1-4H3,(H,36,38)/t29-,33-/m0/s1. The fourth-order valence-corrected chi connectivity index (χ4v) is 4.68. The van der Waals surface area contributed by atoms with Crippen molar-refractivity contribution >= 4 is 11.8 Å². The highest BCUT2D eigenvalue weighted by Gasteiger charge is 2.53. The number of carbonyl (C=O) groups is 1. The van der Waals surface area contributed by atoms with Crippen LogP contribution in [0.4, 0.5) is 0 Å². The summed E-state index contributed by atoms with van der Waals surface area (Å²) in [5.41, 5.74) is 7.38. The Morgan fingerprint density at radius 3 is 2.46 bits per heavy atom. The van der Waals surface area contributed by atoms with Gasteiger partial charge in [-0.3, -0.25) is 10.2 Å². The number of methoxy groups -OCH3 is 1. The fourth-order valence-electron chi connectivity index (χ4n) is 4.68. The van der Waals surface area contributed by atoms with Crippen molar-refractivity contribution in [3.63, 3.8) is 0 Å². The number of ether oxygens (including phenoxy) is 3. The van der Waals surface area contributed by atoms with Gasteiger partial charge in [0.15, 0.2) is 11.6 Å². The Bertz CT molecular complexity index is 1300. The maximum Gasteiger partial charge on any atom is 0.266 e. The topological polar surface area (TPSA) is 101 Å². The molecule has 4 rings (SSSR count). The molecule has 3 aromatic carbocycles. The van der Waals surface area contributed by atoms with Crippen LogP contribution in [0.2, 0.25) is 0 Å². The molecule has 0 saturated carbocycles. The van der Waals surface area contributed by atoms with Gasteiger partial charge in [-0.15, -0.1) is 0 Å². The predicted octanol–water partition coefficient (Wildman–Crippen LogP) is 5.01. The molecule has 8 heteroatoms. The van der Waals surface area contributed by atoms with Gasteiger partial charge in [0.05, 0.1) is 13.7 Å². The maximum absolute atomic E-state index is 14.2. The van der Waals surface area contributed by atoms with Gasteiger partial charge in [0.1, 0.15) is 11.5 Å². The third-order valence-corrected chi connectivity index (χ3v) is 6.94. The number of benzene rings is 3. The van der Waals surface area contributed by atoms with Crippen molar-refractivity contribution in [1.29, 1.82) is 0 Å². The van der Waals surface area contributed by atoms with E-state index in [0.717, 1.165) is 23.1 Å². The van der Waals surface area contributed by atoms with E-state index < -0.39 is 11.6 Å². The fraction of sp³-hybridized carbons (Fsp3) is 0.394. The maximum atomic E-state index is 14.2.